The van der Waals surface area contributed by atoms with Crippen molar-refractivity contribution in [2.75, 3.05) is 32.8 Å². The molecule has 1 aliphatic rings. The Morgan fingerprint density at radius 1 is 0.903 bits per heavy atom. The highest BCUT2D eigenvalue weighted by atomic mass is 32.1. The summed E-state index contributed by atoms with van der Waals surface area (Å²) >= 11 is 5.51. The number of carbonyl (C=O) groups excluding carboxylic acids is 2. The average Bonchev–Trinajstić information content (AvgIpc) is 2.79. The Morgan fingerprint density at radius 2 is 1.52 bits per heavy atom. The lowest BCUT2D eigenvalue weighted by Gasteiger charge is -2.36. The Labute approximate surface area is 186 Å². The van der Waals surface area contributed by atoms with E-state index in [0.717, 1.165) is 0 Å². The Kier molecular flexibility index (Phi) is 6.91. The number of para-hydroxylation sites is 1. The molecule has 0 aliphatic carbocycles. The minimum atomic E-state index is -0.495. The van der Waals surface area contributed by atoms with Crippen LogP contribution in [0.25, 0.3) is 6.08 Å². The molecule has 1 fully saturated rings. The van der Waals surface area contributed by atoms with E-state index in [0.29, 0.717) is 41.5 Å². The third-order valence-corrected chi connectivity index (χ3v) is 5.23. The minimum Gasteiger partial charge on any atom is -0.496 e. The van der Waals surface area contributed by atoms with Crippen LogP contribution in [0.2, 0.25) is 0 Å². The van der Waals surface area contributed by atoms with Crippen molar-refractivity contribution in [1.82, 2.24) is 4.90 Å². The van der Waals surface area contributed by atoms with Gasteiger partial charge in [0.1, 0.15) is 11.3 Å². The van der Waals surface area contributed by atoms with Gasteiger partial charge in [-0.2, -0.15) is 0 Å². The first-order valence-corrected chi connectivity index (χ1v) is 10.1. The molecule has 0 N–H and O–H groups in total. The normalized spacial score (nSPS) is 15.5. The van der Waals surface area contributed by atoms with E-state index in [9.17, 15) is 9.59 Å². The van der Waals surface area contributed by atoms with Crippen molar-refractivity contribution in [2.24, 2.45) is 0 Å². The van der Waals surface area contributed by atoms with Crippen LogP contribution in [0, 0.1) is 0 Å². The molecule has 7 nitrogen and oxygen atoms in total. The summed E-state index contributed by atoms with van der Waals surface area (Å²) in [5.74, 6) is 0.424. The van der Waals surface area contributed by atoms with Crippen LogP contribution >= 0.6 is 12.2 Å². The van der Waals surface area contributed by atoms with Crippen molar-refractivity contribution in [1.29, 1.82) is 0 Å². The van der Waals surface area contributed by atoms with Gasteiger partial charge in [-0.3, -0.25) is 19.4 Å². The zero-order chi connectivity index (χ0) is 22.5. The second-order valence-electron chi connectivity index (χ2n) is 6.72. The Hall–Kier alpha value is -3.39. The maximum atomic E-state index is 13.4. The quantitative estimate of drug-likeness (QED) is 0.372. The van der Waals surface area contributed by atoms with Gasteiger partial charge in [-0.05, 0) is 42.9 Å². The van der Waals surface area contributed by atoms with E-state index in [4.69, 9.17) is 26.4 Å². The highest BCUT2D eigenvalue weighted by Gasteiger charge is 2.40. The summed E-state index contributed by atoms with van der Waals surface area (Å²) in [6.45, 7) is 2.34. The standard InChI is InChI=1S/C23H24N2O5S/c1-5-11-24-21(26)17(22(27)25(23(24)31)16-9-7-6-8-10-16)12-15-13-19(29-3)20(30-4)14-18(15)28-2/h6-10,12-14H,5,11H2,1-4H3. The molecule has 2 aromatic carbocycles. The van der Waals surface area contributed by atoms with Gasteiger partial charge in [-0.1, -0.05) is 25.1 Å². The van der Waals surface area contributed by atoms with Crippen molar-refractivity contribution < 1.29 is 23.8 Å². The number of anilines is 1. The molecule has 8 heteroatoms. The molecule has 3 rings (SSSR count). The maximum Gasteiger partial charge on any atom is 0.270 e. The average molecular weight is 441 g/mol. The summed E-state index contributed by atoms with van der Waals surface area (Å²) in [6.07, 6.45) is 2.20. The van der Waals surface area contributed by atoms with Gasteiger partial charge in [0.05, 0.1) is 27.0 Å². The lowest BCUT2D eigenvalue weighted by molar-refractivity contribution is -0.127. The monoisotopic (exact) mass is 440 g/mol. The van der Waals surface area contributed by atoms with Crippen LogP contribution in [0.1, 0.15) is 18.9 Å². The molecular weight excluding hydrogens is 416 g/mol. The summed E-state index contributed by atoms with van der Waals surface area (Å²) in [6, 6.07) is 12.3. The highest BCUT2D eigenvalue weighted by molar-refractivity contribution is 7.80. The summed E-state index contributed by atoms with van der Waals surface area (Å²) in [4.78, 5) is 29.5. The lowest BCUT2D eigenvalue weighted by atomic mass is 10.0. The molecule has 0 bridgehead atoms. The van der Waals surface area contributed by atoms with Crippen LogP contribution in [0.3, 0.4) is 0 Å². The van der Waals surface area contributed by atoms with Crippen LogP contribution in [0.15, 0.2) is 48.0 Å². The summed E-state index contributed by atoms with van der Waals surface area (Å²) in [7, 11) is 4.53. The van der Waals surface area contributed by atoms with Gasteiger partial charge in [0, 0.05) is 18.2 Å². The van der Waals surface area contributed by atoms with Gasteiger partial charge >= 0.3 is 0 Å². The SMILES string of the molecule is CCCN1C(=O)C(=Cc2cc(OC)c(OC)cc2OC)C(=O)N(c2ccccc2)C1=S. The first-order chi connectivity index (χ1) is 15.0. The Bertz CT molecular complexity index is 1040. The number of carbonyl (C=O) groups is 2. The van der Waals surface area contributed by atoms with Crippen molar-refractivity contribution in [2.45, 2.75) is 13.3 Å². The van der Waals surface area contributed by atoms with Gasteiger partial charge in [0.15, 0.2) is 16.6 Å². The molecule has 1 heterocycles. The fraction of sp³-hybridized carbons (Fsp3) is 0.261. The van der Waals surface area contributed by atoms with Crippen LogP contribution in [0.4, 0.5) is 5.69 Å². The topological polar surface area (TPSA) is 68.3 Å². The number of nitrogens with zero attached hydrogens (tertiary/aromatic N) is 2. The number of methoxy groups -OCH3 is 3. The molecule has 0 radical (unpaired) electrons. The third-order valence-electron chi connectivity index (χ3n) is 4.83. The van der Waals surface area contributed by atoms with E-state index in [-0.39, 0.29) is 10.7 Å². The fourth-order valence-corrected chi connectivity index (χ4v) is 3.68. The molecule has 0 saturated carbocycles. The number of rotatable bonds is 7. The molecule has 0 unspecified atom stereocenters. The van der Waals surface area contributed by atoms with Crippen molar-refractivity contribution in [3.8, 4) is 17.2 Å². The first kappa shape index (κ1) is 22.3. The van der Waals surface area contributed by atoms with Crippen LogP contribution in [0.5, 0.6) is 17.2 Å². The fourth-order valence-electron chi connectivity index (χ4n) is 3.32. The van der Waals surface area contributed by atoms with Gasteiger partial charge in [0.25, 0.3) is 11.8 Å². The molecule has 162 valence electrons. The summed E-state index contributed by atoms with van der Waals surface area (Å²) < 4.78 is 16.1. The third kappa shape index (κ3) is 4.25. The molecular formula is C23H24N2O5S. The Balaban J connectivity index is 2.16. The second kappa shape index (κ2) is 9.61. The van der Waals surface area contributed by atoms with Crippen molar-refractivity contribution in [3.63, 3.8) is 0 Å². The van der Waals surface area contributed by atoms with Gasteiger partial charge in [0.2, 0.25) is 0 Å². The minimum absolute atomic E-state index is 0.0172. The number of ether oxygens (including phenoxy) is 3. The molecule has 1 aliphatic heterocycles. The van der Waals surface area contributed by atoms with Crippen molar-refractivity contribution >= 4 is 40.9 Å². The predicted molar refractivity (Wildman–Crippen MR) is 123 cm³/mol. The van der Waals surface area contributed by atoms with E-state index in [1.165, 1.54) is 37.2 Å². The van der Waals surface area contributed by atoms with E-state index < -0.39 is 11.8 Å². The summed E-state index contributed by atoms with van der Waals surface area (Å²) in [5, 5.41) is 0.166. The predicted octanol–water partition coefficient (Wildman–Crippen LogP) is 3.67. The van der Waals surface area contributed by atoms with Gasteiger partial charge in [-0.15, -0.1) is 0 Å². The first-order valence-electron chi connectivity index (χ1n) is 9.73. The van der Waals surface area contributed by atoms with E-state index in [1.54, 1.807) is 24.3 Å². The number of amides is 2. The van der Waals surface area contributed by atoms with E-state index in [1.807, 2.05) is 25.1 Å². The van der Waals surface area contributed by atoms with E-state index >= 15 is 0 Å². The number of thiocarbonyl (C=S) groups is 1. The summed E-state index contributed by atoms with van der Waals surface area (Å²) in [5.41, 5.74) is 1.09. The molecule has 1 saturated heterocycles. The molecule has 31 heavy (non-hydrogen) atoms. The van der Waals surface area contributed by atoms with Crippen molar-refractivity contribution in [3.05, 3.63) is 53.6 Å². The number of hydrogen-bond acceptors (Lipinski definition) is 6. The Morgan fingerprint density at radius 3 is 2.10 bits per heavy atom. The zero-order valence-electron chi connectivity index (χ0n) is 17.9. The smallest absolute Gasteiger partial charge is 0.270 e. The molecule has 0 atom stereocenters. The van der Waals surface area contributed by atoms with Crippen LogP contribution in [-0.2, 0) is 9.59 Å². The van der Waals surface area contributed by atoms with Gasteiger partial charge in [-0.25, -0.2) is 0 Å². The lowest BCUT2D eigenvalue weighted by Crippen LogP contribution is -2.56. The largest absolute Gasteiger partial charge is 0.496 e. The van der Waals surface area contributed by atoms with E-state index in [2.05, 4.69) is 0 Å². The van der Waals surface area contributed by atoms with Crippen LogP contribution in [-0.4, -0.2) is 49.7 Å². The zero-order valence-corrected chi connectivity index (χ0v) is 18.7. The second-order valence-corrected chi connectivity index (χ2v) is 7.09. The number of benzene rings is 2. The molecule has 0 aromatic heterocycles. The number of hydrogen-bond donors (Lipinski definition) is 0. The highest BCUT2D eigenvalue weighted by Crippen LogP contribution is 2.36. The van der Waals surface area contributed by atoms with Gasteiger partial charge < -0.3 is 14.2 Å². The van der Waals surface area contributed by atoms with Crippen LogP contribution < -0.4 is 19.1 Å². The molecule has 2 amide bonds. The molecule has 0 spiro atoms. The maximum absolute atomic E-state index is 13.4. The molecule has 2 aromatic rings.